The van der Waals surface area contributed by atoms with Crippen molar-refractivity contribution in [2.24, 2.45) is 0 Å². The van der Waals surface area contributed by atoms with Crippen LogP contribution in [0.25, 0.3) is 45.2 Å². The number of benzene rings is 5. The molecule has 0 heterocycles. The maximum atomic E-state index is 8.80. The third-order valence-corrected chi connectivity index (χ3v) is 68.4. The molecule has 4 heteroatoms. The standard InChI is InChI=1S/C21H17.C16H13.C2H5.CH5Si.2ClH.Zr/c1-2-15-13-17-9-6-12-20(21(17)14-15)19-11-5-8-16-7-3-4-10-18(16)19;1-12-10-14-8-5-9-15(16(14)11-12)13-6-3-2-4-7-13;2*1-2;;;/h3-14H,2H2,1H3;2-11H,1H3;1H2,2H3;2H2,1H3;2*1H;/q;;;;;;+2/p-2. The van der Waals surface area contributed by atoms with E-state index in [0.29, 0.717) is 0 Å². The van der Waals surface area contributed by atoms with E-state index >= 15 is 0 Å². The fourth-order valence-electron chi connectivity index (χ4n) is 9.11. The Labute approximate surface area is 268 Å². The van der Waals surface area contributed by atoms with Gasteiger partial charge in [-0.15, -0.1) is 0 Å². The van der Waals surface area contributed by atoms with E-state index in [2.05, 4.69) is 149 Å². The first kappa shape index (κ1) is 30.2. The quantitative estimate of drug-likeness (QED) is 0.148. The molecule has 0 N–H and O–H groups in total. The van der Waals surface area contributed by atoms with Crippen LogP contribution >= 0.6 is 17.0 Å². The summed E-state index contributed by atoms with van der Waals surface area (Å²) in [6, 6.07) is 39.8. The normalized spacial score (nSPS) is 19.4. The van der Waals surface area contributed by atoms with E-state index in [1.807, 2.05) is 0 Å². The van der Waals surface area contributed by atoms with Crippen LogP contribution in [-0.2, 0) is 14.1 Å². The van der Waals surface area contributed by atoms with Crippen LogP contribution in [-0.4, -0.2) is 6.65 Å². The van der Waals surface area contributed by atoms with Crippen LogP contribution in [0.2, 0.25) is 10.7 Å². The Morgan fingerprint density at radius 2 is 1.23 bits per heavy atom. The first-order valence-electron chi connectivity index (χ1n) is 16.2. The summed E-state index contributed by atoms with van der Waals surface area (Å²) in [5.74, 6) is 0. The van der Waals surface area contributed by atoms with Crippen molar-refractivity contribution in [1.82, 2.24) is 0 Å². The van der Waals surface area contributed by atoms with Crippen molar-refractivity contribution in [3.8, 4) is 22.3 Å². The minimum absolute atomic E-state index is 0.0759. The van der Waals surface area contributed by atoms with Crippen molar-refractivity contribution in [1.29, 1.82) is 0 Å². The Balaban J connectivity index is 1.48. The minimum atomic E-state index is -5.30. The molecule has 0 bridgehead atoms. The van der Waals surface area contributed by atoms with Gasteiger partial charge in [0.2, 0.25) is 0 Å². The number of halogens is 2. The van der Waals surface area contributed by atoms with Crippen LogP contribution < -0.4 is 0 Å². The molecule has 2 unspecified atom stereocenters. The summed E-state index contributed by atoms with van der Waals surface area (Å²) >= 11 is -5.30. The van der Waals surface area contributed by atoms with Crippen molar-refractivity contribution >= 4 is 46.6 Å². The Kier molecular flexibility index (Phi) is 7.23. The summed E-state index contributed by atoms with van der Waals surface area (Å²) in [7, 11) is 17.6. The Hall–Kier alpha value is -2.48. The van der Waals surface area contributed by atoms with E-state index in [1.54, 1.807) is 0 Å². The van der Waals surface area contributed by atoms with Gasteiger partial charge in [-0.3, -0.25) is 0 Å². The van der Waals surface area contributed by atoms with E-state index in [1.165, 1.54) is 66.4 Å². The Morgan fingerprint density at radius 1 is 0.636 bits per heavy atom. The second kappa shape index (κ2) is 10.5. The monoisotopic (exact) mass is 708 g/mol. The molecule has 222 valence electrons. The van der Waals surface area contributed by atoms with Gasteiger partial charge < -0.3 is 0 Å². The fourth-order valence-corrected chi connectivity index (χ4v) is 47.4. The molecular formula is C40H40Cl2SiZr. The van der Waals surface area contributed by atoms with E-state index < -0.39 is 20.7 Å². The number of allylic oxidation sites excluding steroid dienone is 2. The molecule has 0 spiro atoms. The van der Waals surface area contributed by atoms with Gasteiger partial charge in [0, 0.05) is 0 Å². The van der Waals surface area contributed by atoms with Gasteiger partial charge >= 0.3 is 271 Å². The predicted molar refractivity (Wildman–Crippen MR) is 195 cm³/mol. The van der Waals surface area contributed by atoms with E-state index in [4.69, 9.17) is 17.0 Å². The third-order valence-electron chi connectivity index (χ3n) is 11.4. The van der Waals surface area contributed by atoms with Crippen molar-refractivity contribution in [3.63, 3.8) is 0 Å². The van der Waals surface area contributed by atoms with Crippen LogP contribution in [0, 0.1) is 0 Å². The molecule has 0 aromatic heterocycles. The zero-order valence-electron chi connectivity index (χ0n) is 26.1. The molecule has 5 aromatic rings. The Bertz CT molecular complexity index is 2010. The number of fused-ring (bicyclic) bond motifs is 3. The topological polar surface area (TPSA) is 0 Å². The molecule has 44 heavy (non-hydrogen) atoms. The van der Waals surface area contributed by atoms with E-state index in [9.17, 15) is 0 Å². The zero-order valence-corrected chi connectivity index (χ0v) is 31.5. The second-order valence-corrected chi connectivity index (χ2v) is 67.1. The number of rotatable bonds is 7. The van der Waals surface area contributed by atoms with Crippen LogP contribution in [0.3, 0.4) is 0 Å². The van der Waals surface area contributed by atoms with Crippen molar-refractivity contribution in [3.05, 3.63) is 143 Å². The van der Waals surface area contributed by atoms with Crippen LogP contribution in [0.5, 0.6) is 0 Å². The molecular weight excluding hydrogens is 671 g/mol. The number of hydrogen-bond donors (Lipinski definition) is 0. The summed E-state index contributed by atoms with van der Waals surface area (Å²) in [6.45, 7) is 8.42. The molecule has 2 aliphatic rings. The van der Waals surface area contributed by atoms with Crippen molar-refractivity contribution in [2.45, 2.75) is 45.1 Å². The molecule has 2 atom stereocenters. The first-order chi connectivity index (χ1) is 21.2. The molecule has 7 rings (SSSR count). The predicted octanol–water partition coefficient (Wildman–Crippen LogP) is 12.3. The van der Waals surface area contributed by atoms with Crippen LogP contribution in [0.4, 0.5) is 0 Å². The van der Waals surface area contributed by atoms with Gasteiger partial charge in [0.25, 0.3) is 0 Å². The van der Waals surface area contributed by atoms with Gasteiger partial charge in [0.05, 0.1) is 0 Å². The van der Waals surface area contributed by atoms with Gasteiger partial charge in [-0.1, -0.05) is 0 Å². The molecule has 0 saturated carbocycles. The maximum absolute atomic E-state index is 8.80. The molecule has 0 amide bonds. The van der Waals surface area contributed by atoms with Gasteiger partial charge in [-0.2, -0.15) is 0 Å². The molecule has 2 aliphatic carbocycles. The molecule has 0 radical (unpaired) electrons. The van der Waals surface area contributed by atoms with Gasteiger partial charge in [-0.25, -0.2) is 0 Å². The fraction of sp³-hybridized carbons (Fsp3) is 0.200. The SMILES string of the molecule is CCC1=Cc2c(-c3cccc4ccccc34)cccc2[CH]1[Zr]([Cl])([Cl])([CH2]C)([SiH2]C)[CH]1C(C)=Cc2c(-c3ccccc3)cccc21. The van der Waals surface area contributed by atoms with Crippen LogP contribution in [0.1, 0.15) is 56.7 Å². The average molecular weight is 711 g/mol. The van der Waals surface area contributed by atoms with E-state index in [-0.39, 0.29) is 7.25 Å². The molecule has 0 fully saturated rings. The van der Waals surface area contributed by atoms with Crippen molar-refractivity contribution in [2.75, 3.05) is 0 Å². The summed E-state index contributed by atoms with van der Waals surface area (Å²) < 4.78 is 1.01. The summed E-state index contributed by atoms with van der Waals surface area (Å²) in [4.78, 5) is 0. The Morgan fingerprint density at radius 3 is 1.93 bits per heavy atom. The van der Waals surface area contributed by atoms with E-state index in [0.717, 1.165) is 10.5 Å². The zero-order chi connectivity index (χ0) is 30.8. The first-order valence-corrected chi connectivity index (χ1v) is 34.4. The second-order valence-electron chi connectivity index (χ2n) is 13.3. The van der Waals surface area contributed by atoms with Gasteiger partial charge in [-0.05, 0) is 0 Å². The number of hydrogen-bond acceptors (Lipinski definition) is 0. The van der Waals surface area contributed by atoms with Crippen molar-refractivity contribution < 1.29 is 14.1 Å². The molecule has 0 nitrogen and oxygen atoms in total. The summed E-state index contributed by atoms with van der Waals surface area (Å²) in [5, 5.41) is 2.55. The third kappa shape index (κ3) is 4.17. The van der Waals surface area contributed by atoms with Crippen LogP contribution in [0.15, 0.2) is 120 Å². The summed E-state index contributed by atoms with van der Waals surface area (Å²) in [5.41, 5.74) is 13.2. The summed E-state index contributed by atoms with van der Waals surface area (Å²) in [6.07, 6.45) is 5.84. The van der Waals surface area contributed by atoms with Gasteiger partial charge in [0.1, 0.15) is 0 Å². The molecule has 0 saturated heterocycles. The average Bonchev–Trinajstić information content (AvgIpc) is 3.64. The molecule has 0 aliphatic heterocycles. The molecule has 5 aromatic carbocycles. The van der Waals surface area contributed by atoms with Gasteiger partial charge in [0.15, 0.2) is 0 Å².